The van der Waals surface area contributed by atoms with Crippen molar-refractivity contribution in [2.75, 3.05) is 18.1 Å². The predicted molar refractivity (Wildman–Crippen MR) is 81.1 cm³/mol. The van der Waals surface area contributed by atoms with Gasteiger partial charge in [-0.25, -0.2) is 14.8 Å². The zero-order chi connectivity index (χ0) is 15.8. The monoisotopic (exact) mass is 313 g/mol. The highest BCUT2D eigenvalue weighted by atomic mass is 16.5. The highest BCUT2D eigenvalue weighted by Gasteiger charge is 2.29. The van der Waals surface area contributed by atoms with E-state index in [2.05, 4.69) is 25.0 Å². The first-order valence-electron chi connectivity index (χ1n) is 7.45. The minimum atomic E-state index is -0.450. The Morgan fingerprint density at radius 2 is 2.39 bits per heavy atom. The van der Waals surface area contributed by atoms with Crippen LogP contribution in [0.15, 0.2) is 23.1 Å². The molecule has 0 atom stereocenters. The van der Waals surface area contributed by atoms with Crippen LogP contribution < -0.4 is 4.90 Å². The Labute approximate surface area is 131 Å². The second-order valence-corrected chi connectivity index (χ2v) is 5.26. The van der Waals surface area contributed by atoms with Crippen molar-refractivity contribution >= 4 is 22.8 Å². The van der Waals surface area contributed by atoms with E-state index in [1.54, 1.807) is 6.92 Å². The lowest BCUT2D eigenvalue weighted by Gasteiger charge is -2.27. The molecular weight excluding hydrogens is 298 g/mol. The molecule has 0 spiro atoms. The molecule has 1 aliphatic heterocycles. The van der Waals surface area contributed by atoms with Crippen LogP contribution in [0.1, 0.15) is 28.7 Å². The number of hydrogen-bond acceptors (Lipinski definition) is 7. The van der Waals surface area contributed by atoms with E-state index >= 15 is 0 Å². The van der Waals surface area contributed by atoms with Crippen LogP contribution in [0.25, 0.3) is 11.0 Å². The zero-order valence-corrected chi connectivity index (χ0v) is 12.6. The van der Waals surface area contributed by atoms with Gasteiger partial charge in [0.15, 0.2) is 5.69 Å². The van der Waals surface area contributed by atoms with Crippen LogP contribution >= 0.6 is 0 Å². The first kappa shape index (κ1) is 13.7. The molecule has 8 heteroatoms. The number of carbonyl (C=O) groups excluding carboxylic acids is 1. The number of aromatic amines is 1. The fraction of sp³-hybridized carbons (Fsp3) is 0.333. The fourth-order valence-electron chi connectivity index (χ4n) is 2.86. The average molecular weight is 313 g/mol. The van der Waals surface area contributed by atoms with Gasteiger partial charge in [-0.2, -0.15) is 0 Å². The minimum Gasteiger partial charge on any atom is -0.461 e. The largest absolute Gasteiger partial charge is 0.461 e. The topological polar surface area (TPSA) is 97.1 Å². The minimum absolute atomic E-state index is 0.255. The second kappa shape index (κ2) is 5.38. The zero-order valence-electron chi connectivity index (χ0n) is 12.6. The molecule has 3 aromatic heterocycles. The van der Waals surface area contributed by atoms with Crippen LogP contribution in [0.2, 0.25) is 0 Å². The number of aromatic nitrogens is 4. The van der Waals surface area contributed by atoms with Crippen molar-refractivity contribution < 1.29 is 14.1 Å². The number of fused-ring (bicyclic) bond motifs is 2. The summed E-state index contributed by atoms with van der Waals surface area (Å²) in [6.45, 7) is 3.31. The van der Waals surface area contributed by atoms with Gasteiger partial charge in [0.25, 0.3) is 0 Å². The Hall–Kier alpha value is -2.90. The van der Waals surface area contributed by atoms with Crippen LogP contribution in [0.4, 0.5) is 5.82 Å². The molecule has 8 nitrogen and oxygen atoms in total. The first-order chi connectivity index (χ1) is 11.3. The van der Waals surface area contributed by atoms with Gasteiger partial charge >= 0.3 is 5.97 Å². The quantitative estimate of drug-likeness (QED) is 0.735. The number of ether oxygens (including phenoxy) is 1. The molecule has 0 aliphatic carbocycles. The van der Waals surface area contributed by atoms with E-state index in [4.69, 9.17) is 9.26 Å². The van der Waals surface area contributed by atoms with E-state index in [0.717, 1.165) is 34.7 Å². The third-order valence-electron chi connectivity index (χ3n) is 3.93. The smallest absolute Gasteiger partial charge is 0.360 e. The second-order valence-electron chi connectivity index (χ2n) is 5.26. The molecule has 1 aliphatic rings. The first-order valence-corrected chi connectivity index (χ1v) is 7.45. The van der Waals surface area contributed by atoms with Crippen LogP contribution in [-0.2, 0) is 17.7 Å². The van der Waals surface area contributed by atoms with E-state index in [1.165, 1.54) is 6.33 Å². The van der Waals surface area contributed by atoms with Gasteiger partial charge in [0.05, 0.1) is 18.5 Å². The van der Waals surface area contributed by atoms with E-state index in [9.17, 15) is 4.79 Å². The predicted octanol–water partition coefficient (Wildman–Crippen LogP) is 1.69. The molecule has 0 unspecified atom stereocenters. The normalized spacial score (nSPS) is 14.0. The molecule has 4 heterocycles. The molecular formula is C15H15N5O3. The van der Waals surface area contributed by atoms with Crippen LogP contribution in [-0.4, -0.2) is 39.2 Å². The summed E-state index contributed by atoms with van der Waals surface area (Å²) in [4.78, 5) is 25.8. The van der Waals surface area contributed by atoms with Crippen molar-refractivity contribution in [3.05, 3.63) is 35.6 Å². The van der Waals surface area contributed by atoms with E-state index in [0.29, 0.717) is 19.6 Å². The maximum atomic E-state index is 12.0. The molecule has 0 amide bonds. The Kier molecular flexibility index (Phi) is 3.22. The maximum absolute atomic E-state index is 12.0. The van der Waals surface area contributed by atoms with Gasteiger partial charge < -0.3 is 19.1 Å². The Morgan fingerprint density at radius 1 is 1.48 bits per heavy atom. The molecule has 0 fully saturated rings. The summed E-state index contributed by atoms with van der Waals surface area (Å²) < 4.78 is 10.3. The molecule has 4 rings (SSSR count). The van der Waals surface area contributed by atoms with E-state index < -0.39 is 5.97 Å². The van der Waals surface area contributed by atoms with Crippen LogP contribution in [0, 0.1) is 0 Å². The number of nitrogens with one attached hydrogen (secondary N) is 1. The van der Waals surface area contributed by atoms with E-state index in [1.807, 2.05) is 12.3 Å². The maximum Gasteiger partial charge on any atom is 0.360 e. The van der Waals surface area contributed by atoms with Gasteiger partial charge in [-0.1, -0.05) is 5.16 Å². The van der Waals surface area contributed by atoms with Gasteiger partial charge in [-0.15, -0.1) is 0 Å². The van der Waals surface area contributed by atoms with Crippen LogP contribution in [0.3, 0.4) is 0 Å². The number of anilines is 1. The van der Waals surface area contributed by atoms with Gasteiger partial charge in [0, 0.05) is 24.7 Å². The van der Waals surface area contributed by atoms with Gasteiger partial charge in [0.1, 0.15) is 23.6 Å². The van der Waals surface area contributed by atoms with Crippen LogP contribution in [0.5, 0.6) is 0 Å². The van der Waals surface area contributed by atoms with Crippen molar-refractivity contribution in [2.45, 2.75) is 19.9 Å². The Morgan fingerprint density at radius 3 is 3.26 bits per heavy atom. The van der Waals surface area contributed by atoms with Crippen molar-refractivity contribution in [1.29, 1.82) is 0 Å². The lowest BCUT2D eigenvalue weighted by molar-refractivity contribution is 0.0513. The number of carbonyl (C=O) groups is 1. The standard InChI is InChI=1S/C15H15N5O3/c1-2-22-15(21)12-10-7-20(6-4-11(10)23-19-12)14-9-3-5-16-13(9)17-8-18-14/h3,5,8H,2,4,6-7H2,1H3,(H,16,17,18). The van der Waals surface area contributed by atoms with Crippen molar-refractivity contribution in [3.8, 4) is 0 Å². The highest BCUT2D eigenvalue weighted by molar-refractivity contribution is 5.90. The molecule has 3 aromatic rings. The Bertz CT molecular complexity index is 869. The van der Waals surface area contributed by atoms with Crippen molar-refractivity contribution in [1.82, 2.24) is 20.1 Å². The molecule has 0 saturated heterocycles. The molecule has 23 heavy (non-hydrogen) atoms. The summed E-state index contributed by atoms with van der Waals surface area (Å²) in [7, 11) is 0. The third-order valence-corrected chi connectivity index (χ3v) is 3.93. The molecule has 0 aromatic carbocycles. The summed E-state index contributed by atoms with van der Waals surface area (Å²) in [6, 6.07) is 1.94. The number of H-pyrrole nitrogens is 1. The number of rotatable bonds is 3. The molecule has 0 bridgehead atoms. The van der Waals surface area contributed by atoms with Gasteiger partial charge in [-0.05, 0) is 13.0 Å². The third kappa shape index (κ3) is 2.23. The van der Waals surface area contributed by atoms with Crippen molar-refractivity contribution in [3.63, 3.8) is 0 Å². The summed E-state index contributed by atoms with van der Waals surface area (Å²) >= 11 is 0. The highest BCUT2D eigenvalue weighted by Crippen LogP contribution is 2.29. The van der Waals surface area contributed by atoms with Gasteiger partial charge in [-0.3, -0.25) is 0 Å². The fourth-order valence-corrected chi connectivity index (χ4v) is 2.86. The lowest BCUT2D eigenvalue weighted by Crippen LogP contribution is -2.31. The van der Waals surface area contributed by atoms with Gasteiger partial charge in [0.2, 0.25) is 0 Å². The molecule has 0 saturated carbocycles. The molecule has 1 N–H and O–H groups in total. The molecule has 118 valence electrons. The SMILES string of the molecule is CCOC(=O)c1noc2c1CN(c1ncnc3[nH]ccc13)CC2. The Balaban J connectivity index is 1.70. The number of nitrogens with zero attached hydrogens (tertiary/aromatic N) is 4. The van der Waals surface area contributed by atoms with E-state index in [-0.39, 0.29) is 5.69 Å². The summed E-state index contributed by atoms with van der Waals surface area (Å²) in [5.41, 5.74) is 1.82. The summed E-state index contributed by atoms with van der Waals surface area (Å²) in [5, 5.41) is 4.83. The number of esters is 1. The lowest BCUT2D eigenvalue weighted by atomic mass is 10.1. The van der Waals surface area contributed by atoms with Crippen molar-refractivity contribution in [2.24, 2.45) is 0 Å². The average Bonchev–Trinajstić information content (AvgIpc) is 3.20. The number of hydrogen-bond donors (Lipinski definition) is 1. The summed E-state index contributed by atoms with van der Waals surface area (Å²) in [6.07, 6.45) is 4.03. The summed E-state index contributed by atoms with van der Waals surface area (Å²) in [5.74, 6) is 1.12. The molecule has 0 radical (unpaired) electrons.